The van der Waals surface area contributed by atoms with E-state index in [0.717, 1.165) is 43.4 Å². The van der Waals surface area contributed by atoms with Gasteiger partial charge in [-0.15, -0.1) is 0 Å². The van der Waals surface area contributed by atoms with Crippen LogP contribution >= 0.6 is 23.2 Å². The second-order valence-electron chi connectivity index (χ2n) is 9.03. The molecule has 3 aliphatic rings. The molecule has 2 amide bonds. The third-order valence-corrected chi connectivity index (χ3v) is 7.54. The Morgan fingerprint density at radius 1 is 1.09 bits per heavy atom. The summed E-state index contributed by atoms with van der Waals surface area (Å²) in [6.07, 6.45) is 3.98. The minimum absolute atomic E-state index is 0.0416. The lowest BCUT2D eigenvalue weighted by Gasteiger charge is -2.45. The van der Waals surface area contributed by atoms with Crippen LogP contribution in [0.2, 0.25) is 10.0 Å². The fraction of sp³-hybridized carbons (Fsp3) is 0.440. The van der Waals surface area contributed by atoms with E-state index in [9.17, 15) is 9.59 Å². The Balaban J connectivity index is 1.55. The summed E-state index contributed by atoms with van der Waals surface area (Å²) >= 11 is 12.9. The summed E-state index contributed by atoms with van der Waals surface area (Å²) in [5, 5.41) is 14.0. The number of carbonyl (C=O) groups is 2. The van der Waals surface area contributed by atoms with Crippen LogP contribution in [0, 0.1) is 0 Å². The van der Waals surface area contributed by atoms with Crippen LogP contribution < -0.4 is 5.32 Å². The summed E-state index contributed by atoms with van der Waals surface area (Å²) in [6, 6.07) is 12.3. The normalized spacial score (nSPS) is 22.4. The van der Waals surface area contributed by atoms with Crippen molar-refractivity contribution in [2.24, 2.45) is 10.3 Å². The molecule has 178 valence electrons. The van der Waals surface area contributed by atoms with Gasteiger partial charge < -0.3 is 10.2 Å². The van der Waals surface area contributed by atoms with Crippen molar-refractivity contribution < 1.29 is 9.59 Å². The molecule has 1 fully saturated rings. The van der Waals surface area contributed by atoms with Crippen molar-refractivity contribution >= 4 is 35.0 Å². The number of amides is 2. The predicted molar refractivity (Wildman–Crippen MR) is 131 cm³/mol. The average Bonchev–Trinajstić information content (AvgIpc) is 3.54. The molecular formula is C25H27Cl2N5O2. The van der Waals surface area contributed by atoms with Crippen molar-refractivity contribution in [2.45, 2.75) is 43.7 Å². The molecule has 2 aliphatic heterocycles. The second-order valence-corrected chi connectivity index (χ2v) is 9.87. The fourth-order valence-electron chi connectivity index (χ4n) is 5.40. The van der Waals surface area contributed by atoms with Gasteiger partial charge in [-0.05, 0) is 42.2 Å². The smallest absolute Gasteiger partial charge is 0.254 e. The zero-order chi connectivity index (χ0) is 23.7. The Morgan fingerprint density at radius 2 is 1.88 bits per heavy atom. The fourth-order valence-corrected chi connectivity index (χ4v) is 5.92. The Kier molecular flexibility index (Phi) is 6.75. The summed E-state index contributed by atoms with van der Waals surface area (Å²) in [6.45, 7) is 2.46. The van der Waals surface area contributed by atoms with E-state index in [1.165, 1.54) is 0 Å². The second kappa shape index (κ2) is 9.92. The van der Waals surface area contributed by atoms with Gasteiger partial charge >= 0.3 is 0 Å². The van der Waals surface area contributed by atoms with Crippen molar-refractivity contribution in [1.82, 2.24) is 15.2 Å². The van der Waals surface area contributed by atoms with Crippen molar-refractivity contribution in [3.8, 4) is 0 Å². The van der Waals surface area contributed by atoms with Gasteiger partial charge in [0.25, 0.3) is 5.91 Å². The van der Waals surface area contributed by atoms with Crippen LogP contribution in [0.5, 0.6) is 0 Å². The van der Waals surface area contributed by atoms with Crippen LogP contribution in [0.1, 0.15) is 59.1 Å². The van der Waals surface area contributed by atoms with E-state index in [2.05, 4.69) is 15.7 Å². The van der Waals surface area contributed by atoms with E-state index in [4.69, 9.17) is 23.2 Å². The topological polar surface area (TPSA) is 77.4 Å². The predicted octanol–water partition coefficient (Wildman–Crippen LogP) is 5.02. The Bertz CT molecular complexity index is 1120. The van der Waals surface area contributed by atoms with E-state index in [0.29, 0.717) is 35.2 Å². The molecule has 1 N–H and O–H groups in total. The number of rotatable bonds is 6. The monoisotopic (exact) mass is 499 g/mol. The SMILES string of the molecule is O=C(NCCN1CCN=N1)[C@@H]1c2ccccc2C(=O)N(C2CCCC2)[C@H]1c1ccc(Cl)cc1Cl. The third kappa shape index (κ3) is 4.39. The molecule has 9 heteroatoms. The number of carbonyl (C=O) groups excluding carboxylic acids is 2. The lowest BCUT2D eigenvalue weighted by Crippen LogP contribution is -2.51. The Hall–Kier alpha value is -2.64. The van der Waals surface area contributed by atoms with Gasteiger partial charge in [-0.25, -0.2) is 0 Å². The molecule has 0 aromatic heterocycles. The summed E-state index contributed by atoms with van der Waals surface area (Å²) in [5.74, 6) is -0.761. The first kappa shape index (κ1) is 23.1. The van der Waals surface area contributed by atoms with Gasteiger partial charge in [0, 0.05) is 28.2 Å². The first-order valence-corrected chi connectivity index (χ1v) is 12.6. The molecule has 0 unspecified atom stereocenters. The first-order chi connectivity index (χ1) is 16.5. The first-order valence-electron chi connectivity index (χ1n) is 11.8. The highest BCUT2D eigenvalue weighted by atomic mass is 35.5. The number of nitrogens with zero attached hydrogens (tertiary/aromatic N) is 4. The molecule has 0 saturated heterocycles. The van der Waals surface area contributed by atoms with Crippen molar-refractivity contribution in [1.29, 1.82) is 0 Å². The number of fused-ring (bicyclic) bond motifs is 1. The van der Waals surface area contributed by atoms with Gasteiger partial charge in [0.05, 0.1) is 31.6 Å². The lowest BCUT2D eigenvalue weighted by molar-refractivity contribution is -0.124. The Labute approximate surface area is 209 Å². The number of hydrogen-bond acceptors (Lipinski definition) is 5. The van der Waals surface area contributed by atoms with Crippen molar-refractivity contribution in [2.75, 3.05) is 26.2 Å². The maximum Gasteiger partial charge on any atom is 0.254 e. The van der Waals surface area contributed by atoms with Gasteiger partial charge in [0.1, 0.15) is 0 Å². The summed E-state index contributed by atoms with van der Waals surface area (Å²) in [4.78, 5) is 29.5. The van der Waals surface area contributed by atoms with Crippen LogP contribution in [-0.4, -0.2) is 53.9 Å². The standard InChI is InChI=1S/C25H27Cl2N5O2/c26-16-9-10-20(21(27)15-16)23-22(24(33)28-11-13-31-14-12-29-30-31)18-7-3-4-8-19(18)25(34)32(23)17-5-1-2-6-17/h3-4,7-10,15,17,22-23H,1-2,5-6,11-14H2,(H,28,33)/t22-,23+/m1/s1. The molecule has 1 saturated carbocycles. The number of benzene rings is 2. The quantitative estimate of drug-likeness (QED) is 0.606. The van der Waals surface area contributed by atoms with E-state index in [1.807, 2.05) is 40.2 Å². The van der Waals surface area contributed by atoms with E-state index in [1.54, 1.807) is 12.1 Å². The molecule has 0 radical (unpaired) electrons. The molecule has 5 rings (SSSR count). The molecule has 1 aliphatic carbocycles. The summed E-state index contributed by atoms with van der Waals surface area (Å²) in [5.41, 5.74) is 2.06. The van der Waals surface area contributed by atoms with Gasteiger partial charge in [-0.2, -0.15) is 5.11 Å². The van der Waals surface area contributed by atoms with E-state index < -0.39 is 12.0 Å². The molecule has 34 heavy (non-hydrogen) atoms. The molecule has 7 nitrogen and oxygen atoms in total. The minimum atomic E-state index is -0.589. The molecule has 2 aromatic rings. The highest BCUT2D eigenvalue weighted by Crippen LogP contribution is 2.47. The van der Waals surface area contributed by atoms with Crippen LogP contribution in [0.4, 0.5) is 0 Å². The van der Waals surface area contributed by atoms with Gasteiger partial charge in [-0.1, -0.05) is 65.5 Å². The Morgan fingerprint density at radius 3 is 2.62 bits per heavy atom. The summed E-state index contributed by atoms with van der Waals surface area (Å²) in [7, 11) is 0. The zero-order valence-electron chi connectivity index (χ0n) is 18.8. The largest absolute Gasteiger partial charge is 0.354 e. The molecular weight excluding hydrogens is 473 g/mol. The molecule has 2 aromatic carbocycles. The molecule has 0 bridgehead atoms. The van der Waals surface area contributed by atoms with Gasteiger partial charge in [0.15, 0.2) is 0 Å². The maximum absolute atomic E-state index is 13.8. The average molecular weight is 500 g/mol. The van der Waals surface area contributed by atoms with Gasteiger partial charge in [-0.3, -0.25) is 14.6 Å². The van der Waals surface area contributed by atoms with Crippen LogP contribution in [0.25, 0.3) is 0 Å². The van der Waals surface area contributed by atoms with Gasteiger partial charge in [0.2, 0.25) is 5.91 Å². The third-order valence-electron chi connectivity index (χ3n) is 6.97. The van der Waals surface area contributed by atoms with Crippen LogP contribution in [0.3, 0.4) is 0 Å². The molecule has 2 atom stereocenters. The van der Waals surface area contributed by atoms with Crippen LogP contribution in [-0.2, 0) is 4.79 Å². The number of halogens is 2. The van der Waals surface area contributed by atoms with Crippen molar-refractivity contribution in [3.63, 3.8) is 0 Å². The maximum atomic E-state index is 13.8. The highest BCUT2D eigenvalue weighted by molar-refractivity contribution is 6.35. The lowest BCUT2D eigenvalue weighted by atomic mass is 9.78. The number of hydrogen-bond donors (Lipinski definition) is 1. The van der Waals surface area contributed by atoms with E-state index in [-0.39, 0.29) is 17.9 Å². The minimum Gasteiger partial charge on any atom is -0.354 e. The molecule has 2 heterocycles. The summed E-state index contributed by atoms with van der Waals surface area (Å²) < 4.78 is 0. The van der Waals surface area contributed by atoms with E-state index >= 15 is 0 Å². The number of nitrogens with one attached hydrogen (secondary N) is 1. The zero-order valence-corrected chi connectivity index (χ0v) is 20.3. The highest BCUT2D eigenvalue weighted by Gasteiger charge is 2.47. The van der Waals surface area contributed by atoms with Crippen LogP contribution in [0.15, 0.2) is 52.8 Å². The molecule has 0 spiro atoms. The van der Waals surface area contributed by atoms with Crippen molar-refractivity contribution in [3.05, 3.63) is 69.2 Å².